The number of ether oxygens (including phenoxy) is 2. The first kappa shape index (κ1) is 17.1. The number of hydrogen-bond donors (Lipinski definition) is 2. The third kappa shape index (κ3) is 4.89. The lowest BCUT2D eigenvalue weighted by Gasteiger charge is -2.27. The van der Waals surface area contributed by atoms with E-state index in [1.54, 1.807) is 7.05 Å². The van der Waals surface area contributed by atoms with Crippen LogP contribution in [0.1, 0.15) is 12.0 Å². The van der Waals surface area contributed by atoms with Gasteiger partial charge < -0.3 is 20.1 Å². The highest BCUT2D eigenvalue weighted by Crippen LogP contribution is 2.30. The maximum absolute atomic E-state index is 5.93. The first-order valence-electron chi connectivity index (χ1n) is 8.56. The van der Waals surface area contributed by atoms with Crippen molar-refractivity contribution in [3.63, 3.8) is 0 Å². The second-order valence-electron chi connectivity index (χ2n) is 6.01. The van der Waals surface area contributed by atoms with Crippen molar-refractivity contribution in [1.29, 1.82) is 0 Å². The molecule has 0 saturated carbocycles. The van der Waals surface area contributed by atoms with E-state index in [1.165, 1.54) is 5.56 Å². The van der Waals surface area contributed by atoms with Gasteiger partial charge in [-0.25, -0.2) is 0 Å². The number of para-hydroxylation sites is 2. The topological polar surface area (TPSA) is 72.7 Å². The standard InChI is InChI=1S/C18H25N5O2/c1-14-10-22-23(12-14)9-5-8-20-18(19-2)21-11-15-13-24-16-6-3-4-7-17(16)25-15/h3-4,6-7,10,12,15H,5,8-9,11,13H2,1-2H3,(H2,19,20,21). The molecule has 2 aromatic rings. The van der Waals surface area contributed by atoms with Crippen LogP contribution in [0.3, 0.4) is 0 Å². The largest absolute Gasteiger partial charge is 0.486 e. The van der Waals surface area contributed by atoms with Crippen LogP contribution < -0.4 is 20.1 Å². The van der Waals surface area contributed by atoms with E-state index in [1.807, 2.05) is 48.3 Å². The molecule has 1 aromatic heterocycles. The number of aryl methyl sites for hydroxylation is 2. The first-order valence-corrected chi connectivity index (χ1v) is 8.56. The van der Waals surface area contributed by atoms with Crippen LogP contribution in [-0.2, 0) is 6.54 Å². The maximum Gasteiger partial charge on any atom is 0.191 e. The van der Waals surface area contributed by atoms with E-state index in [4.69, 9.17) is 9.47 Å². The predicted molar refractivity (Wildman–Crippen MR) is 97.3 cm³/mol. The van der Waals surface area contributed by atoms with Crippen molar-refractivity contribution < 1.29 is 9.47 Å². The summed E-state index contributed by atoms with van der Waals surface area (Å²) < 4.78 is 13.6. The minimum Gasteiger partial charge on any atom is -0.486 e. The summed E-state index contributed by atoms with van der Waals surface area (Å²) in [6.07, 6.45) is 4.85. The lowest BCUT2D eigenvalue weighted by atomic mass is 10.2. The van der Waals surface area contributed by atoms with E-state index in [9.17, 15) is 0 Å². The Balaban J connectivity index is 1.37. The molecule has 0 bridgehead atoms. The van der Waals surface area contributed by atoms with E-state index < -0.39 is 0 Å². The van der Waals surface area contributed by atoms with Gasteiger partial charge in [-0.2, -0.15) is 5.10 Å². The molecule has 2 N–H and O–H groups in total. The molecule has 25 heavy (non-hydrogen) atoms. The van der Waals surface area contributed by atoms with Gasteiger partial charge in [-0.15, -0.1) is 0 Å². The van der Waals surface area contributed by atoms with Gasteiger partial charge in [0.25, 0.3) is 0 Å². The average Bonchev–Trinajstić information content (AvgIpc) is 3.06. The second kappa shape index (κ2) is 8.41. The van der Waals surface area contributed by atoms with Crippen LogP contribution in [0, 0.1) is 6.92 Å². The molecule has 7 nitrogen and oxygen atoms in total. The molecule has 0 saturated heterocycles. The third-order valence-electron chi connectivity index (χ3n) is 3.91. The molecule has 0 aliphatic carbocycles. The van der Waals surface area contributed by atoms with Crippen LogP contribution in [0.5, 0.6) is 11.5 Å². The molecule has 0 radical (unpaired) electrons. The van der Waals surface area contributed by atoms with Gasteiger partial charge in [-0.05, 0) is 31.0 Å². The van der Waals surface area contributed by atoms with Crippen molar-refractivity contribution in [3.8, 4) is 11.5 Å². The van der Waals surface area contributed by atoms with Crippen molar-refractivity contribution in [2.24, 2.45) is 4.99 Å². The fourth-order valence-corrected chi connectivity index (χ4v) is 2.63. The highest BCUT2D eigenvalue weighted by atomic mass is 16.6. The number of nitrogens with zero attached hydrogens (tertiary/aromatic N) is 3. The molecule has 1 unspecified atom stereocenters. The zero-order valence-electron chi connectivity index (χ0n) is 14.7. The van der Waals surface area contributed by atoms with Gasteiger partial charge in [0.15, 0.2) is 17.5 Å². The lowest BCUT2D eigenvalue weighted by molar-refractivity contribution is 0.0936. The van der Waals surface area contributed by atoms with Crippen LogP contribution in [0.25, 0.3) is 0 Å². The zero-order valence-corrected chi connectivity index (χ0v) is 14.7. The van der Waals surface area contributed by atoms with Crippen LogP contribution in [0.15, 0.2) is 41.7 Å². The molecule has 0 amide bonds. The second-order valence-corrected chi connectivity index (χ2v) is 6.01. The van der Waals surface area contributed by atoms with Gasteiger partial charge in [-0.3, -0.25) is 9.67 Å². The molecular weight excluding hydrogens is 318 g/mol. The molecule has 7 heteroatoms. The summed E-state index contributed by atoms with van der Waals surface area (Å²) in [5, 5.41) is 10.9. The molecule has 1 aromatic carbocycles. The summed E-state index contributed by atoms with van der Waals surface area (Å²) in [6, 6.07) is 7.73. The smallest absolute Gasteiger partial charge is 0.191 e. The minimum absolute atomic E-state index is 0.0412. The van der Waals surface area contributed by atoms with E-state index in [-0.39, 0.29) is 6.10 Å². The summed E-state index contributed by atoms with van der Waals surface area (Å²) in [5.41, 5.74) is 1.18. The van der Waals surface area contributed by atoms with Crippen LogP contribution in [0.4, 0.5) is 0 Å². The average molecular weight is 343 g/mol. The number of nitrogens with one attached hydrogen (secondary N) is 2. The fourth-order valence-electron chi connectivity index (χ4n) is 2.63. The Morgan fingerprint density at radius 1 is 1.32 bits per heavy atom. The lowest BCUT2D eigenvalue weighted by Crippen LogP contribution is -2.45. The summed E-state index contributed by atoms with van der Waals surface area (Å²) in [6.45, 7) is 4.91. The van der Waals surface area contributed by atoms with Gasteiger partial charge in [0.2, 0.25) is 0 Å². The Hall–Kier alpha value is -2.70. The Bertz CT molecular complexity index is 713. The van der Waals surface area contributed by atoms with Gasteiger partial charge in [0.1, 0.15) is 12.7 Å². The Kier molecular flexibility index (Phi) is 5.77. The number of benzene rings is 1. The van der Waals surface area contributed by atoms with E-state index in [0.29, 0.717) is 13.2 Å². The quantitative estimate of drug-likeness (QED) is 0.473. The summed E-state index contributed by atoms with van der Waals surface area (Å²) in [4.78, 5) is 4.24. The number of aliphatic imine (C=N–C) groups is 1. The SMILES string of the molecule is CN=C(NCCCn1cc(C)cn1)NCC1COc2ccccc2O1. The van der Waals surface area contributed by atoms with E-state index >= 15 is 0 Å². The van der Waals surface area contributed by atoms with Gasteiger partial charge in [0.05, 0.1) is 12.7 Å². The van der Waals surface area contributed by atoms with Crippen molar-refractivity contribution in [1.82, 2.24) is 20.4 Å². The fraction of sp³-hybridized carbons (Fsp3) is 0.444. The van der Waals surface area contributed by atoms with Gasteiger partial charge in [0, 0.05) is 26.3 Å². The number of guanidine groups is 1. The molecular formula is C18H25N5O2. The molecule has 134 valence electrons. The normalized spacial score (nSPS) is 16.6. The minimum atomic E-state index is -0.0412. The zero-order chi connectivity index (χ0) is 17.5. The van der Waals surface area contributed by atoms with Gasteiger partial charge >= 0.3 is 0 Å². The predicted octanol–water partition coefficient (Wildman–Crippen LogP) is 1.59. The molecule has 1 atom stereocenters. The van der Waals surface area contributed by atoms with Crippen LogP contribution in [0.2, 0.25) is 0 Å². The highest BCUT2D eigenvalue weighted by Gasteiger charge is 2.20. The molecule has 1 aliphatic heterocycles. The summed E-state index contributed by atoms with van der Waals surface area (Å²) in [7, 11) is 1.76. The van der Waals surface area contributed by atoms with Crippen LogP contribution in [-0.4, -0.2) is 48.6 Å². The third-order valence-corrected chi connectivity index (χ3v) is 3.91. The summed E-state index contributed by atoms with van der Waals surface area (Å²) >= 11 is 0. The maximum atomic E-state index is 5.93. The number of rotatable bonds is 6. The number of fused-ring (bicyclic) bond motifs is 1. The molecule has 1 aliphatic rings. The number of aromatic nitrogens is 2. The molecule has 0 spiro atoms. The van der Waals surface area contributed by atoms with Crippen molar-refractivity contribution in [2.45, 2.75) is 26.0 Å². The summed E-state index contributed by atoms with van der Waals surface area (Å²) in [5.74, 6) is 2.35. The van der Waals surface area contributed by atoms with Crippen molar-refractivity contribution in [3.05, 3.63) is 42.2 Å². The van der Waals surface area contributed by atoms with Crippen molar-refractivity contribution >= 4 is 5.96 Å². The van der Waals surface area contributed by atoms with Crippen molar-refractivity contribution in [2.75, 3.05) is 26.7 Å². The van der Waals surface area contributed by atoms with E-state index in [0.717, 1.165) is 37.0 Å². The Morgan fingerprint density at radius 2 is 2.16 bits per heavy atom. The van der Waals surface area contributed by atoms with Crippen LogP contribution >= 0.6 is 0 Å². The van der Waals surface area contributed by atoms with Gasteiger partial charge in [-0.1, -0.05) is 12.1 Å². The molecule has 0 fully saturated rings. The monoisotopic (exact) mass is 343 g/mol. The first-order chi connectivity index (χ1) is 12.2. The molecule has 3 rings (SSSR count). The van der Waals surface area contributed by atoms with E-state index in [2.05, 4.69) is 20.7 Å². The Labute approximate surface area is 148 Å². The number of hydrogen-bond acceptors (Lipinski definition) is 4. The molecule has 2 heterocycles. The highest BCUT2D eigenvalue weighted by molar-refractivity contribution is 5.79. The Morgan fingerprint density at radius 3 is 2.92 bits per heavy atom.